The molecule has 1 heterocycles. The Kier molecular flexibility index (Phi) is 10.8. The Balaban J connectivity index is 1.40. The number of carbonyl (C=O) groups is 4. The number of nitrogens with zero attached hydrogens (tertiary/aromatic N) is 1. The quantitative estimate of drug-likeness (QED) is 0.324. The van der Waals surface area contributed by atoms with Gasteiger partial charge in [0.05, 0.1) is 19.2 Å². The van der Waals surface area contributed by atoms with Crippen LogP contribution < -0.4 is 26.0 Å². The molecule has 4 N–H and O–H groups in total. The number of ether oxygens (including phenoxy) is 1. The van der Waals surface area contributed by atoms with Crippen LogP contribution in [0.2, 0.25) is 0 Å². The van der Waals surface area contributed by atoms with Crippen molar-refractivity contribution in [3.05, 3.63) is 65.2 Å². The summed E-state index contributed by atoms with van der Waals surface area (Å²) in [6, 6.07) is 12.5. The number of methoxy groups -OCH3 is 1. The molecular weight excluding hydrogens is 570 g/mol. The number of rotatable bonds is 10. The van der Waals surface area contributed by atoms with E-state index in [4.69, 9.17) is 4.74 Å². The van der Waals surface area contributed by atoms with Crippen LogP contribution in [0.3, 0.4) is 0 Å². The summed E-state index contributed by atoms with van der Waals surface area (Å²) < 4.78 is 5.28. The van der Waals surface area contributed by atoms with Crippen molar-refractivity contribution in [2.45, 2.75) is 94.9 Å². The van der Waals surface area contributed by atoms with Crippen molar-refractivity contribution < 1.29 is 23.9 Å². The summed E-state index contributed by atoms with van der Waals surface area (Å²) in [6.45, 7) is 1.94. The molecule has 0 radical (unpaired) electrons. The molecule has 10 heteroatoms. The highest BCUT2D eigenvalue weighted by molar-refractivity contribution is 5.96. The van der Waals surface area contributed by atoms with Gasteiger partial charge in [-0.15, -0.1) is 0 Å². The van der Waals surface area contributed by atoms with Crippen molar-refractivity contribution in [2.75, 3.05) is 20.7 Å². The van der Waals surface area contributed by atoms with Crippen LogP contribution >= 0.6 is 0 Å². The van der Waals surface area contributed by atoms with E-state index in [1.807, 2.05) is 12.1 Å². The van der Waals surface area contributed by atoms with Crippen LogP contribution in [0.1, 0.15) is 85.8 Å². The van der Waals surface area contributed by atoms with Gasteiger partial charge in [-0.1, -0.05) is 49.6 Å². The first-order valence-corrected chi connectivity index (χ1v) is 16.4. The molecule has 1 saturated carbocycles. The molecular formula is C35H47N5O5. The average molecular weight is 618 g/mol. The number of likely N-dealkylation sites (tertiary alicyclic amines) is 1. The first-order chi connectivity index (χ1) is 21.8. The first-order valence-electron chi connectivity index (χ1n) is 16.4. The van der Waals surface area contributed by atoms with Crippen LogP contribution in [-0.2, 0) is 20.8 Å². The fraction of sp³-hybridized carbons (Fsp3) is 0.543. The predicted octanol–water partition coefficient (Wildman–Crippen LogP) is 3.26. The van der Waals surface area contributed by atoms with Gasteiger partial charge in [0.1, 0.15) is 17.8 Å². The number of hydrogen-bond acceptors (Lipinski definition) is 6. The molecule has 1 unspecified atom stereocenters. The zero-order chi connectivity index (χ0) is 31.9. The maximum atomic E-state index is 14.5. The summed E-state index contributed by atoms with van der Waals surface area (Å²) >= 11 is 0. The number of fused-ring (bicyclic) bond motifs is 1. The molecule has 0 spiro atoms. The van der Waals surface area contributed by atoms with Crippen molar-refractivity contribution in [1.82, 2.24) is 26.2 Å². The monoisotopic (exact) mass is 617 g/mol. The van der Waals surface area contributed by atoms with Gasteiger partial charge in [0.2, 0.25) is 17.7 Å². The molecule has 5 atom stereocenters. The number of amides is 4. The number of aryl methyl sites for hydroxylation is 1. The van der Waals surface area contributed by atoms with Crippen LogP contribution in [0.15, 0.2) is 48.5 Å². The van der Waals surface area contributed by atoms with Crippen LogP contribution in [0.25, 0.3) is 0 Å². The van der Waals surface area contributed by atoms with Crippen molar-refractivity contribution >= 4 is 23.6 Å². The smallest absolute Gasteiger partial charge is 0.251 e. The molecule has 0 aromatic heterocycles. The van der Waals surface area contributed by atoms with Crippen LogP contribution in [-0.4, -0.2) is 73.4 Å². The Morgan fingerprint density at radius 2 is 1.71 bits per heavy atom. The van der Waals surface area contributed by atoms with Crippen molar-refractivity contribution in [3.8, 4) is 5.75 Å². The fourth-order valence-electron chi connectivity index (χ4n) is 7.07. The third-order valence-corrected chi connectivity index (χ3v) is 9.75. The molecule has 4 amide bonds. The number of hydrogen-bond donors (Lipinski definition) is 4. The van der Waals surface area contributed by atoms with Gasteiger partial charge < -0.3 is 30.9 Å². The van der Waals surface area contributed by atoms with E-state index in [-0.39, 0.29) is 48.6 Å². The van der Waals surface area contributed by atoms with E-state index in [0.717, 1.165) is 56.9 Å². The lowest BCUT2D eigenvalue weighted by Gasteiger charge is -2.35. The third kappa shape index (κ3) is 7.66. The van der Waals surface area contributed by atoms with Gasteiger partial charge in [-0.25, -0.2) is 0 Å². The molecule has 2 aliphatic carbocycles. The van der Waals surface area contributed by atoms with Crippen molar-refractivity contribution in [1.29, 1.82) is 0 Å². The second-order valence-electron chi connectivity index (χ2n) is 12.7. The fourth-order valence-corrected chi connectivity index (χ4v) is 7.07. The van der Waals surface area contributed by atoms with Crippen LogP contribution in [0, 0.1) is 5.92 Å². The molecule has 2 aromatic rings. The predicted molar refractivity (Wildman–Crippen MR) is 172 cm³/mol. The molecule has 242 valence electrons. The second-order valence-corrected chi connectivity index (χ2v) is 12.7. The van der Waals surface area contributed by atoms with Crippen LogP contribution in [0.4, 0.5) is 0 Å². The third-order valence-electron chi connectivity index (χ3n) is 9.75. The summed E-state index contributed by atoms with van der Waals surface area (Å²) in [5.74, 6) is -0.491. The highest BCUT2D eigenvalue weighted by atomic mass is 16.5. The van der Waals surface area contributed by atoms with Gasteiger partial charge in [0.25, 0.3) is 5.91 Å². The maximum absolute atomic E-state index is 14.5. The van der Waals surface area contributed by atoms with E-state index < -0.39 is 24.2 Å². The van der Waals surface area contributed by atoms with Gasteiger partial charge >= 0.3 is 0 Å². The number of carbonyl (C=O) groups excluding carboxylic acids is 4. The summed E-state index contributed by atoms with van der Waals surface area (Å²) in [4.78, 5) is 56.5. The Hall–Kier alpha value is -3.92. The van der Waals surface area contributed by atoms with E-state index in [1.54, 1.807) is 50.2 Å². The second kappa shape index (κ2) is 14.9. The zero-order valence-electron chi connectivity index (χ0n) is 26.6. The topological polar surface area (TPSA) is 129 Å². The Morgan fingerprint density at radius 3 is 2.47 bits per heavy atom. The lowest BCUT2D eigenvalue weighted by molar-refractivity contribution is -0.143. The van der Waals surface area contributed by atoms with E-state index >= 15 is 0 Å². The average Bonchev–Trinajstić information content (AvgIpc) is 3.50. The molecule has 10 nitrogen and oxygen atoms in total. The molecule has 1 aliphatic heterocycles. The number of likely N-dealkylation sites (N-methyl/N-ethyl adjacent to an activating group) is 1. The lowest BCUT2D eigenvalue weighted by Crippen LogP contribution is -2.58. The molecule has 1 saturated heterocycles. The first kappa shape index (κ1) is 32.5. The summed E-state index contributed by atoms with van der Waals surface area (Å²) in [6.07, 6.45) is 7.81. The minimum absolute atomic E-state index is 0.0152. The Labute approximate surface area is 266 Å². The largest absolute Gasteiger partial charge is 0.497 e. The highest BCUT2D eigenvalue weighted by Crippen LogP contribution is 2.32. The summed E-state index contributed by atoms with van der Waals surface area (Å²) in [7, 11) is 3.26. The summed E-state index contributed by atoms with van der Waals surface area (Å²) in [5, 5.41) is 12.3. The van der Waals surface area contributed by atoms with Crippen molar-refractivity contribution in [2.24, 2.45) is 5.92 Å². The van der Waals surface area contributed by atoms with E-state index in [2.05, 4.69) is 33.4 Å². The number of nitrogens with one attached hydrogen (secondary N) is 4. The van der Waals surface area contributed by atoms with E-state index in [1.165, 1.54) is 5.56 Å². The Bertz CT molecular complexity index is 1380. The van der Waals surface area contributed by atoms with E-state index in [9.17, 15) is 19.2 Å². The lowest BCUT2D eigenvalue weighted by atomic mass is 9.83. The maximum Gasteiger partial charge on any atom is 0.251 e. The van der Waals surface area contributed by atoms with Gasteiger partial charge in [-0.2, -0.15) is 0 Å². The molecule has 2 aromatic carbocycles. The standard InChI is InChI=1S/C35H47N5O5/c1-22(36-2)32(41)39-31(24-12-5-4-6-13-24)35(44)40-21-26(37-33(42)25-15-9-16-27(19-25)45-3)20-30(40)34(43)38-29-18-10-14-23-11-7-8-17-28(23)29/h7-9,11,15-17,19,22,24,26,29-31,36H,4-6,10,12-14,18,20-21H2,1-3H3,(H,37,42)(H,38,43)(H,39,41)/t22-,26?,29+,30-,31-/m0/s1. The zero-order valence-corrected chi connectivity index (χ0v) is 26.6. The highest BCUT2D eigenvalue weighted by Gasteiger charge is 2.45. The molecule has 5 rings (SSSR count). The van der Waals surface area contributed by atoms with Gasteiger partial charge in [-0.3, -0.25) is 19.2 Å². The van der Waals surface area contributed by atoms with Crippen molar-refractivity contribution in [3.63, 3.8) is 0 Å². The molecule has 45 heavy (non-hydrogen) atoms. The van der Waals surface area contributed by atoms with Crippen LogP contribution in [0.5, 0.6) is 5.75 Å². The van der Waals surface area contributed by atoms with Gasteiger partial charge in [-0.05, 0) is 87.7 Å². The Morgan fingerprint density at radius 1 is 0.933 bits per heavy atom. The normalized spacial score (nSPS) is 22.9. The molecule has 2 fully saturated rings. The van der Waals surface area contributed by atoms with Gasteiger partial charge in [0, 0.05) is 18.2 Å². The molecule has 0 bridgehead atoms. The van der Waals surface area contributed by atoms with Gasteiger partial charge in [0.15, 0.2) is 0 Å². The minimum atomic E-state index is -0.785. The van der Waals surface area contributed by atoms with E-state index in [0.29, 0.717) is 11.3 Å². The molecule has 3 aliphatic rings. The SMILES string of the molecule is CN[C@@H](C)C(=O)N[C@H](C(=O)N1CC(NC(=O)c2cccc(OC)c2)C[C@H]1C(=O)N[C@@H]1CCCc2ccccc21)C1CCCCC1. The minimum Gasteiger partial charge on any atom is -0.497 e. The summed E-state index contributed by atoms with van der Waals surface area (Å²) in [5.41, 5.74) is 2.78. The number of benzene rings is 2.